The number of amides is 1. The Morgan fingerprint density at radius 3 is 2.41 bits per heavy atom. The van der Waals surface area contributed by atoms with Crippen molar-refractivity contribution in [2.75, 3.05) is 19.6 Å². The standard InChI is InChI=1S/C14H24N2O/c1-2-15-10-6-8-16(9-7-10)14(17)13-11-4-3-5-12(11)13/h10-13,15H,2-9H2,1H3. The maximum Gasteiger partial charge on any atom is 0.226 e. The molecule has 1 N–H and O–H groups in total. The number of nitrogens with zero attached hydrogens (tertiary/aromatic N) is 1. The molecule has 3 fully saturated rings. The maximum atomic E-state index is 12.3. The quantitative estimate of drug-likeness (QED) is 0.808. The Bertz CT molecular complexity index is 287. The summed E-state index contributed by atoms with van der Waals surface area (Å²) in [7, 11) is 0. The SMILES string of the molecule is CCNC1CCN(C(=O)C2C3CCCC32)CC1. The fourth-order valence-electron chi connectivity index (χ4n) is 3.99. The van der Waals surface area contributed by atoms with Crippen LogP contribution in [0.4, 0.5) is 0 Å². The molecule has 1 heterocycles. The summed E-state index contributed by atoms with van der Waals surface area (Å²) < 4.78 is 0. The van der Waals surface area contributed by atoms with Gasteiger partial charge in [-0.05, 0) is 44.1 Å². The summed E-state index contributed by atoms with van der Waals surface area (Å²) in [5.74, 6) is 2.46. The van der Waals surface area contributed by atoms with E-state index >= 15 is 0 Å². The number of carbonyl (C=O) groups is 1. The normalized spacial score (nSPS) is 37.0. The van der Waals surface area contributed by atoms with Gasteiger partial charge in [0.05, 0.1) is 0 Å². The largest absolute Gasteiger partial charge is 0.342 e. The Morgan fingerprint density at radius 2 is 1.82 bits per heavy atom. The minimum Gasteiger partial charge on any atom is -0.342 e. The summed E-state index contributed by atoms with van der Waals surface area (Å²) in [6.07, 6.45) is 6.27. The Labute approximate surface area is 104 Å². The average molecular weight is 236 g/mol. The lowest BCUT2D eigenvalue weighted by Crippen LogP contribution is -2.45. The smallest absolute Gasteiger partial charge is 0.226 e. The Hall–Kier alpha value is -0.570. The zero-order valence-electron chi connectivity index (χ0n) is 10.8. The second-order valence-corrected chi connectivity index (χ2v) is 5.94. The second kappa shape index (κ2) is 4.60. The number of hydrogen-bond donors (Lipinski definition) is 1. The van der Waals surface area contributed by atoms with E-state index < -0.39 is 0 Å². The van der Waals surface area contributed by atoms with Gasteiger partial charge in [-0.25, -0.2) is 0 Å². The summed E-state index contributed by atoms with van der Waals surface area (Å²) in [6, 6.07) is 0.641. The van der Waals surface area contributed by atoms with E-state index in [1.807, 2.05) is 0 Å². The number of hydrogen-bond acceptors (Lipinski definition) is 2. The molecular weight excluding hydrogens is 212 g/mol. The van der Waals surface area contributed by atoms with Gasteiger partial charge in [0.15, 0.2) is 0 Å². The summed E-state index contributed by atoms with van der Waals surface area (Å²) >= 11 is 0. The van der Waals surface area contributed by atoms with Crippen molar-refractivity contribution in [3.05, 3.63) is 0 Å². The molecule has 2 atom stereocenters. The number of rotatable bonds is 3. The van der Waals surface area contributed by atoms with E-state index in [4.69, 9.17) is 0 Å². The number of likely N-dealkylation sites (tertiary alicyclic amines) is 1. The van der Waals surface area contributed by atoms with E-state index in [1.165, 1.54) is 19.3 Å². The van der Waals surface area contributed by atoms with Gasteiger partial charge >= 0.3 is 0 Å². The van der Waals surface area contributed by atoms with Gasteiger partial charge in [-0.2, -0.15) is 0 Å². The fourth-order valence-corrected chi connectivity index (χ4v) is 3.99. The van der Waals surface area contributed by atoms with Gasteiger partial charge in [-0.3, -0.25) is 4.79 Å². The van der Waals surface area contributed by atoms with Crippen LogP contribution < -0.4 is 5.32 Å². The first-order valence-electron chi connectivity index (χ1n) is 7.33. The van der Waals surface area contributed by atoms with Crippen LogP contribution in [0.3, 0.4) is 0 Å². The van der Waals surface area contributed by atoms with Crippen molar-refractivity contribution in [2.24, 2.45) is 17.8 Å². The predicted octanol–water partition coefficient (Wildman–Crippen LogP) is 1.63. The van der Waals surface area contributed by atoms with Gasteiger partial charge in [0.2, 0.25) is 5.91 Å². The topological polar surface area (TPSA) is 32.3 Å². The first-order chi connectivity index (χ1) is 8.31. The van der Waals surface area contributed by atoms with Crippen LogP contribution >= 0.6 is 0 Å². The molecule has 2 unspecified atom stereocenters. The minimum absolute atomic E-state index is 0.430. The number of fused-ring (bicyclic) bond motifs is 1. The van der Waals surface area contributed by atoms with Crippen LogP contribution in [-0.2, 0) is 4.79 Å². The zero-order valence-corrected chi connectivity index (χ0v) is 10.8. The van der Waals surface area contributed by atoms with Crippen molar-refractivity contribution in [1.82, 2.24) is 10.2 Å². The van der Waals surface area contributed by atoms with Crippen LogP contribution in [0.15, 0.2) is 0 Å². The summed E-state index contributed by atoms with van der Waals surface area (Å²) in [4.78, 5) is 14.5. The Morgan fingerprint density at radius 1 is 1.18 bits per heavy atom. The lowest BCUT2D eigenvalue weighted by Gasteiger charge is -2.32. The maximum absolute atomic E-state index is 12.3. The van der Waals surface area contributed by atoms with Crippen LogP contribution in [0.25, 0.3) is 0 Å². The first kappa shape index (κ1) is 11.5. The monoisotopic (exact) mass is 236 g/mol. The lowest BCUT2D eigenvalue weighted by molar-refractivity contribution is -0.134. The van der Waals surface area contributed by atoms with Gasteiger partial charge in [0, 0.05) is 25.0 Å². The molecule has 2 saturated carbocycles. The number of piperidine rings is 1. The van der Waals surface area contributed by atoms with Gasteiger partial charge in [0.1, 0.15) is 0 Å². The van der Waals surface area contributed by atoms with E-state index in [2.05, 4.69) is 17.1 Å². The van der Waals surface area contributed by atoms with Gasteiger partial charge in [-0.15, -0.1) is 0 Å². The highest BCUT2D eigenvalue weighted by molar-refractivity contribution is 5.82. The molecule has 0 aromatic heterocycles. The van der Waals surface area contributed by atoms with Crippen LogP contribution in [0.2, 0.25) is 0 Å². The van der Waals surface area contributed by atoms with Crippen molar-refractivity contribution in [2.45, 2.75) is 45.1 Å². The number of nitrogens with one attached hydrogen (secondary N) is 1. The third kappa shape index (κ3) is 2.10. The van der Waals surface area contributed by atoms with Crippen molar-refractivity contribution in [3.63, 3.8) is 0 Å². The van der Waals surface area contributed by atoms with Crippen molar-refractivity contribution in [1.29, 1.82) is 0 Å². The Balaban J connectivity index is 1.48. The van der Waals surface area contributed by atoms with Crippen LogP contribution in [0.5, 0.6) is 0 Å². The van der Waals surface area contributed by atoms with Crippen LogP contribution in [-0.4, -0.2) is 36.5 Å². The molecule has 3 aliphatic rings. The molecular formula is C14H24N2O. The Kier molecular flexibility index (Phi) is 3.12. The molecule has 0 aromatic carbocycles. The van der Waals surface area contributed by atoms with Gasteiger partial charge < -0.3 is 10.2 Å². The van der Waals surface area contributed by atoms with Gasteiger partial charge in [-0.1, -0.05) is 13.3 Å². The summed E-state index contributed by atoms with van der Waals surface area (Å²) in [5.41, 5.74) is 0. The van der Waals surface area contributed by atoms with Crippen LogP contribution in [0.1, 0.15) is 39.0 Å². The average Bonchev–Trinajstić information content (AvgIpc) is 2.83. The van der Waals surface area contributed by atoms with Crippen LogP contribution in [0, 0.1) is 17.8 Å². The minimum atomic E-state index is 0.430. The molecule has 96 valence electrons. The molecule has 1 aliphatic heterocycles. The molecule has 0 bridgehead atoms. The second-order valence-electron chi connectivity index (χ2n) is 5.94. The van der Waals surface area contributed by atoms with E-state index in [0.29, 0.717) is 17.9 Å². The molecule has 1 amide bonds. The third-order valence-corrected chi connectivity index (χ3v) is 4.99. The molecule has 0 radical (unpaired) electrons. The summed E-state index contributed by atoms with van der Waals surface area (Å²) in [6.45, 7) is 5.16. The van der Waals surface area contributed by atoms with E-state index in [-0.39, 0.29) is 0 Å². The highest BCUT2D eigenvalue weighted by Gasteiger charge is 2.57. The highest BCUT2D eigenvalue weighted by Crippen LogP contribution is 2.58. The molecule has 1 saturated heterocycles. The summed E-state index contributed by atoms with van der Waals surface area (Å²) in [5, 5.41) is 3.49. The molecule has 2 aliphatic carbocycles. The number of carbonyl (C=O) groups excluding carboxylic acids is 1. The third-order valence-electron chi connectivity index (χ3n) is 4.99. The van der Waals surface area contributed by atoms with E-state index in [1.54, 1.807) is 0 Å². The molecule has 3 rings (SSSR count). The van der Waals surface area contributed by atoms with Gasteiger partial charge in [0.25, 0.3) is 0 Å². The van der Waals surface area contributed by atoms with Crippen molar-refractivity contribution in [3.8, 4) is 0 Å². The predicted molar refractivity (Wildman–Crippen MR) is 67.6 cm³/mol. The van der Waals surface area contributed by atoms with Crippen molar-refractivity contribution < 1.29 is 4.79 Å². The molecule has 3 heteroatoms. The first-order valence-corrected chi connectivity index (χ1v) is 7.33. The molecule has 3 nitrogen and oxygen atoms in total. The molecule has 17 heavy (non-hydrogen) atoms. The molecule has 0 spiro atoms. The van der Waals surface area contributed by atoms with E-state index in [9.17, 15) is 4.79 Å². The highest BCUT2D eigenvalue weighted by atomic mass is 16.2. The molecule has 0 aromatic rings. The fraction of sp³-hybridized carbons (Fsp3) is 0.929. The lowest BCUT2D eigenvalue weighted by atomic mass is 10.0. The van der Waals surface area contributed by atoms with Crippen molar-refractivity contribution >= 4 is 5.91 Å². The zero-order chi connectivity index (χ0) is 11.8. The van der Waals surface area contributed by atoms with E-state index in [0.717, 1.165) is 44.3 Å².